The van der Waals surface area contributed by atoms with Crippen molar-refractivity contribution in [3.05, 3.63) is 111 Å². The predicted octanol–water partition coefficient (Wildman–Crippen LogP) is 3.38. The van der Waals surface area contributed by atoms with Crippen LogP contribution in [0, 0.1) is 10.1 Å². The molecular formula is C24H23ClN3O3+. The Morgan fingerprint density at radius 1 is 0.935 bits per heavy atom. The monoisotopic (exact) mass is 436 g/mol. The van der Waals surface area contributed by atoms with E-state index < -0.39 is 4.92 Å². The number of hydrogen-bond acceptors (Lipinski definition) is 3. The molecule has 1 saturated heterocycles. The van der Waals surface area contributed by atoms with E-state index in [1.165, 1.54) is 28.2 Å². The maximum absolute atomic E-state index is 13.0. The van der Waals surface area contributed by atoms with E-state index in [9.17, 15) is 14.9 Å². The molecule has 3 aromatic rings. The van der Waals surface area contributed by atoms with Crippen molar-refractivity contribution in [2.24, 2.45) is 0 Å². The maximum atomic E-state index is 13.0. The lowest BCUT2D eigenvalue weighted by atomic mass is 9.96. The van der Waals surface area contributed by atoms with E-state index in [2.05, 4.69) is 48.5 Å². The van der Waals surface area contributed by atoms with Crippen LogP contribution in [0.25, 0.3) is 0 Å². The topological polar surface area (TPSA) is 67.9 Å². The van der Waals surface area contributed by atoms with Gasteiger partial charge < -0.3 is 9.80 Å². The molecule has 0 unspecified atom stereocenters. The number of nitrogens with one attached hydrogen (secondary N) is 1. The first-order valence-corrected chi connectivity index (χ1v) is 10.6. The molecule has 0 aromatic heterocycles. The third-order valence-corrected chi connectivity index (χ3v) is 6.08. The van der Waals surface area contributed by atoms with Crippen molar-refractivity contribution in [2.75, 3.05) is 26.2 Å². The highest BCUT2D eigenvalue weighted by atomic mass is 35.5. The molecule has 4 rings (SSSR count). The molecular weight excluding hydrogens is 414 g/mol. The molecule has 3 aromatic carbocycles. The van der Waals surface area contributed by atoms with E-state index in [1.54, 1.807) is 11.0 Å². The molecule has 1 fully saturated rings. The number of halogens is 1. The highest BCUT2D eigenvalue weighted by molar-refractivity contribution is 6.32. The Hall–Kier alpha value is -3.22. The Bertz CT molecular complexity index is 1030. The van der Waals surface area contributed by atoms with Crippen LogP contribution in [0.4, 0.5) is 5.69 Å². The van der Waals surface area contributed by atoms with Crippen molar-refractivity contribution in [1.82, 2.24) is 4.90 Å². The summed E-state index contributed by atoms with van der Waals surface area (Å²) in [5, 5.41) is 11.2. The average molecular weight is 437 g/mol. The van der Waals surface area contributed by atoms with Crippen LogP contribution in [0.1, 0.15) is 27.5 Å². The third-order valence-electron chi connectivity index (χ3n) is 5.76. The summed E-state index contributed by atoms with van der Waals surface area (Å²) in [6, 6.07) is 25.3. The van der Waals surface area contributed by atoms with Gasteiger partial charge in [0, 0.05) is 22.8 Å². The molecule has 0 saturated carbocycles. The Morgan fingerprint density at radius 3 is 2.00 bits per heavy atom. The number of carbonyl (C=O) groups is 1. The van der Waals surface area contributed by atoms with Gasteiger partial charge in [-0.3, -0.25) is 14.9 Å². The first kappa shape index (κ1) is 21.0. The molecule has 0 aliphatic carbocycles. The lowest BCUT2D eigenvalue weighted by molar-refractivity contribution is -0.929. The molecule has 1 N–H and O–H groups in total. The van der Waals surface area contributed by atoms with E-state index >= 15 is 0 Å². The minimum atomic E-state index is -0.564. The fourth-order valence-corrected chi connectivity index (χ4v) is 4.40. The maximum Gasteiger partial charge on any atom is 0.288 e. The number of piperazine rings is 1. The molecule has 31 heavy (non-hydrogen) atoms. The number of rotatable bonds is 5. The highest BCUT2D eigenvalue weighted by Gasteiger charge is 2.32. The Balaban J connectivity index is 1.51. The van der Waals surface area contributed by atoms with E-state index in [0.29, 0.717) is 18.7 Å². The summed E-state index contributed by atoms with van der Waals surface area (Å²) in [6.45, 7) is 2.74. The second kappa shape index (κ2) is 9.29. The average Bonchev–Trinajstić information content (AvgIpc) is 2.81. The summed E-state index contributed by atoms with van der Waals surface area (Å²) >= 11 is 5.88. The molecule has 1 aliphatic heterocycles. The highest BCUT2D eigenvalue weighted by Crippen LogP contribution is 2.26. The van der Waals surface area contributed by atoms with Crippen molar-refractivity contribution in [2.45, 2.75) is 6.04 Å². The van der Waals surface area contributed by atoms with Crippen LogP contribution in [-0.2, 0) is 0 Å². The molecule has 1 amide bonds. The van der Waals surface area contributed by atoms with Crippen LogP contribution < -0.4 is 4.90 Å². The Kier molecular flexibility index (Phi) is 6.30. The standard InChI is InChI=1S/C24H22ClN3O3/c25-21-12-11-20(17-22(21)28(30)31)24(29)27-15-13-26(14-16-27)23(18-7-3-1-4-8-18)19-9-5-2-6-10-19/h1-12,17,23H,13-16H2/p+1. The summed E-state index contributed by atoms with van der Waals surface area (Å²) in [7, 11) is 0. The van der Waals surface area contributed by atoms with Crippen LogP contribution in [0.2, 0.25) is 5.02 Å². The van der Waals surface area contributed by atoms with Crippen molar-refractivity contribution in [3.8, 4) is 0 Å². The first-order chi connectivity index (χ1) is 15.0. The van der Waals surface area contributed by atoms with Crippen LogP contribution in [0.3, 0.4) is 0 Å². The second-order valence-corrected chi connectivity index (χ2v) is 8.04. The van der Waals surface area contributed by atoms with Gasteiger partial charge in [0.2, 0.25) is 0 Å². The Labute approximate surface area is 185 Å². The van der Waals surface area contributed by atoms with Crippen molar-refractivity contribution >= 4 is 23.2 Å². The van der Waals surface area contributed by atoms with Gasteiger partial charge in [0.05, 0.1) is 31.1 Å². The van der Waals surface area contributed by atoms with E-state index in [1.807, 2.05) is 12.1 Å². The van der Waals surface area contributed by atoms with Gasteiger partial charge in [0.15, 0.2) is 0 Å². The SMILES string of the molecule is O=C(c1ccc(Cl)c([N+](=O)[O-])c1)N1CC[NH+](C(c2ccccc2)c2ccccc2)CC1. The fraction of sp³-hybridized carbons (Fsp3) is 0.208. The summed E-state index contributed by atoms with van der Waals surface area (Å²) in [5.41, 5.74) is 2.54. The number of nitro groups is 1. The van der Waals surface area contributed by atoms with Crippen molar-refractivity contribution in [1.29, 1.82) is 0 Å². The number of nitrogens with zero attached hydrogens (tertiary/aromatic N) is 2. The zero-order chi connectivity index (χ0) is 21.8. The summed E-state index contributed by atoms with van der Waals surface area (Å²) in [4.78, 5) is 26.7. The number of nitro benzene ring substituents is 1. The number of benzene rings is 3. The van der Waals surface area contributed by atoms with Gasteiger partial charge >= 0.3 is 0 Å². The van der Waals surface area contributed by atoms with Crippen molar-refractivity contribution in [3.63, 3.8) is 0 Å². The van der Waals surface area contributed by atoms with Gasteiger partial charge in [-0.25, -0.2) is 0 Å². The van der Waals surface area contributed by atoms with Crippen LogP contribution in [0.5, 0.6) is 0 Å². The second-order valence-electron chi connectivity index (χ2n) is 7.63. The molecule has 0 radical (unpaired) electrons. The zero-order valence-corrected chi connectivity index (χ0v) is 17.7. The molecule has 158 valence electrons. The predicted molar refractivity (Wildman–Crippen MR) is 119 cm³/mol. The first-order valence-electron chi connectivity index (χ1n) is 10.2. The number of hydrogen-bond donors (Lipinski definition) is 1. The van der Waals surface area contributed by atoms with Gasteiger partial charge in [-0.05, 0) is 12.1 Å². The van der Waals surface area contributed by atoms with Gasteiger partial charge in [0.25, 0.3) is 11.6 Å². The smallest absolute Gasteiger partial charge is 0.288 e. The van der Waals surface area contributed by atoms with Crippen LogP contribution >= 0.6 is 11.6 Å². The fourth-order valence-electron chi connectivity index (χ4n) is 4.21. The minimum absolute atomic E-state index is 0.0318. The van der Waals surface area contributed by atoms with E-state index in [-0.39, 0.29) is 22.7 Å². The molecule has 6 nitrogen and oxygen atoms in total. The lowest BCUT2D eigenvalue weighted by Crippen LogP contribution is -3.15. The molecule has 7 heteroatoms. The number of carbonyl (C=O) groups excluding carboxylic acids is 1. The molecule has 0 atom stereocenters. The molecule has 0 bridgehead atoms. The summed E-state index contributed by atoms with van der Waals surface area (Å²) < 4.78 is 0. The van der Waals surface area contributed by atoms with Gasteiger partial charge in [-0.1, -0.05) is 72.3 Å². The van der Waals surface area contributed by atoms with Gasteiger partial charge in [0.1, 0.15) is 11.1 Å². The van der Waals surface area contributed by atoms with Crippen LogP contribution in [-0.4, -0.2) is 41.9 Å². The molecule has 0 spiro atoms. The normalized spacial score (nSPS) is 14.6. The molecule has 1 aliphatic rings. The number of quaternary nitrogens is 1. The largest absolute Gasteiger partial charge is 0.327 e. The Morgan fingerprint density at radius 2 is 1.48 bits per heavy atom. The number of amides is 1. The lowest BCUT2D eigenvalue weighted by Gasteiger charge is -2.37. The summed E-state index contributed by atoms with van der Waals surface area (Å²) in [6.07, 6.45) is 0. The minimum Gasteiger partial charge on any atom is -0.327 e. The van der Waals surface area contributed by atoms with Gasteiger partial charge in [-0.15, -0.1) is 0 Å². The van der Waals surface area contributed by atoms with E-state index in [4.69, 9.17) is 11.6 Å². The quantitative estimate of drug-likeness (QED) is 0.492. The van der Waals surface area contributed by atoms with Gasteiger partial charge in [-0.2, -0.15) is 0 Å². The molecule has 1 heterocycles. The van der Waals surface area contributed by atoms with E-state index in [0.717, 1.165) is 13.1 Å². The zero-order valence-electron chi connectivity index (χ0n) is 16.9. The summed E-state index contributed by atoms with van der Waals surface area (Å²) in [5.74, 6) is -0.199. The third kappa shape index (κ3) is 4.60. The van der Waals surface area contributed by atoms with Crippen LogP contribution in [0.15, 0.2) is 78.9 Å². The van der Waals surface area contributed by atoms with Crippen molar-refractivity contribution < 1.29 is 14.6 Å².